The molecule has 0 fully saturated rings. The van der Waals surface area contributed by atoms with Gasteiger partial charge in [0.15, 0.2) is 6.10 Å². The summed E-state index contributed by atoms with van der Waals surface area (Å²) in [5.74, 6) is -2.90. The van der Waals surface area contributed by atoms with Crippen molar-refractivity contribution < 1.29 is 24.2 Å². The molecule has 0 saturated carbocycles. The minimum absolute atomic E-state index is 0.0358. The van der Waals surface area contributed by atoms with Gasteiger partial charge in [-0.1, -0.05) is 17.7 Å². The summed E-state index contributed by atoms with van der Waals surface area (Å²) in [6, 6.07) is 3.82. The molecule has 5 nitrogen and oxygen atoms in total. The van der Waals surface area contributed by atoms with Crippen molar-refractivity contribution in [1.82, 2.24) is 5.32 Å². The Morgan fingerprint density at radius 1 is 1.44 bits per heavy atom. The third kappa shape index (κ3) is 3.68. The summed E-state index contributed by atoms with van der Waals surface area (Å²) in [6.07, 6.45) is -1.74. The summed E-state index contributed by atoms with van der Waals surface area (Å²) in [4.78, 5) is 21.9. The highest BCUT2D eigenvalue weighted by atomic mass is 35.5. The van der Waals surface area contributed by atoms with Crippen molar-refractivity contribution in [3.63, 3.8) is 0 Å². The van der Waals surface area contributed by atoms with Crippen LogP contribution in [0.25, 0.3) is 0 Å². The predicted octanol–water partition coefficient (Wildman–Crippen LogP) is 1.04. The fourth-order valence-corrected chi connectivity index (χ4v) is 1.50. The third-order valence-corrected chi connectivity index (χ3v) is 2.49. The van der Waals surface area contributed by atoms with Crippen LogP contribution in [-0.2, 0) is 4.79 Å². The number of aliphatic carboxylic acids is 1. The molecule has 1 aromatic rings. The second-order valence-electron chi connectivity index (χ2n) is 3.50. The lowest BCUT2D eigenvalue weighted by Gasteiger charge is -2.09. The Kier molecular flexibility index (Phi) is 5.06. The van der Waals surface area contributed by atoms with Crippen molar-refractivity contribution in [3.8, 4) is 0 Å². The zero-order valence-electron chi connectivity index (χ0n) is 9.19. The van der Waals surface area contributed by atoms with Crippen LogP contribution in [0, 0.1) is 5.82 Å². The number of hydrogen-bond donors (Lipinski definition) is 3. The molecule has 3 N–H and O–H groups in total. The van der Waals surface area contributed by atoms with E-state index in [1.807, 2.05) is 0 Å². The lowest BCUT2D eigenvalue weighted by molar-refractivity contribution is -0.146. The molecular weight excluding hydrogens is 265 g/mol. The van der Waals surface area contributed by atoms with Gasteiger partial charge in [0.05, 0.1) is 10.6 Å². The first-order valence-corrected chi connectivity index (χ1v) is 5.44. The number of amides is 1. The summed E-state index contributed by atoms with van der Waals surface area (Å²) in [5, 5.41) is 19.6. The van der Waals surface area contributed by atoms with Crippen LogP contribution in [0.1, 0.15) is 16.8 Å². The number of nitrogens with one attached hydrogen (secondary N) is 1. The minimum atomic E-state index is -1.57. The lowest BCUT2D eigenvalue weighted by Crippen LogP contribution is -2.30. The van der Waals surface area contributed by atoms with Crippen molar-refractivity contribution >= 4 is 23.5 Å². The molecule has 0 bridgehead atoms. The van der Waals surface area contributed by atoms with Gasteiger partial charge in [0, 0.05) is 13.0 Å². The van der Waals surface area contributed by atoms with E-state index in [4.69, 9.17) is 21.8 Å². The fourth-order valence-electron chi connectivity index (χ4n) is 1.25. The summed E-state index contributed by atoms with van der Waals surface area (Å²) >= 11 is 5.67. The number of halogens is 2. The van der Waals surface area contributed by atoms with Crippen LogP contribution in [0.15, 0.2) is 18.2 Å². The molecular formula is C11H11ClFNO4. The van der Waals surface area contributed by atoms with E-state index < -0.39 is 23.8 Å². The van der Waals surface area contributed by atoms with Gasteiger partial charge >= 0.3 is 5.97 Å². The Hall–Kier alpha value is -1.66. The quantitative estimate of drug-likeness (QED) is 0.749. The summed E-state index contributed by atoms with van der Waals surface area (Å²) in [5.41, 5.74) is -0.302. The van der Waals surface area contributed by atoms with Gasteiger partial charge in [-0.2, -0.15) is 0 Å². The van der Waals surface area contributed by atoms with Crippen molar-refractivity contribution in [2.45, 2.75) is 12.5 Å². The number of benzene rings is 1. The van der Waals surface area contributed by atoms with Gasteiger partial charge in [0.25, 0.3) is 5.91 Å². The standard InChI is InChI=1S/C11H11ClFNO4/c12-6-2-1-3-7(13)9(6)10(16)14-5-4-8(15)11(17)18/h1-3,8,15H,4-5H2,(H,14,16)(H,17,18). The number of rotatable bonds is 5. The second-order valence-corrected chi connectivity index (χ2v) is 3.90. The van der Waals surface area contributed by atoms with Crippen molar-refractivity contribution in [1.29, 1.82) is 0 Å². The molecule has 0 saturated heterocycles. The lowest BCUT2D eigenvalue weighted by atomic mass is 10.2. The Labute approximate surface area is 107 Å². The first-order valence-electron chi connectivity index (χ1n) is 5.06. The number of carbonyl (C=O) groups is 2. The minimum Gasteiger partial charge on any atom is -0.479 e. The highest BCUT2D eigenvalue weighted by Crippen LogP contribution is 2.18. The third-order valence-electron chi connectivity index (χ3n) is 2.18. The molecule has 0 radical (unpaired) electrons. The fraction of sp³-hybridized carbons (Fsp3) is 0.273. The van der Waals surface area contributed by atoms with E-state index in [9.17, 15) is 14.0 Å². The smallest absolute Gasteiger partial charge is 0.332 e. The van der Waals surface area contributed by atoms with Gasteiger partial charge in [0.1, 0.15) is 5.82 Å². The van der Waals surface area contributed by atoms with Crippen LogP contribution in [0.3, 0.4) is 0 Å². The molecule has 1 atom stereocenters. The van der Waals surface area contributed by atoms with E-state index in [0.29, 0.717) is 0 Å². The Balaban J connectivity index is 2.59. The average molecular weight is 276 g/mol. The topological polar surface area (TPSA) is 86.6 Å². The molecule has 98 valence electrons. The van der Waals surface area contributed by atoms with Gasteiger partial charge in [-0.15, -0.1) is 0 Å². The zero-order chi connectivity index (χ0) is 13.7. The van der Waals surface area contributed by atoms with Crippen molar-refractivity contribution in [3.05, 3.63) is 34.6 Å². The van der Waals surface area contributed by atoms with E-state index in [2.05, 4.69) is 5.32 Å². The molecule has 1 aromatic carbocycles. The SMILES string of the molecule is O=C(NCCC(O)C(=O)O)c1c(F)cccc1Cl. The van der Waals surface area contributed by atoms with Crippen LogP contribution in [0.2, 0.25) is 5.02 Å². The normalized spacial score (nSPS) is 11.9. The van der Waals surface area contributed by atoms with Gasteiger partial charge in [-0.3, -0.25) is 4.79 Å². The molecule has 0 aliphatic carbocycles. The molecule has 0 spiro atoms. The number of carboxylic acids is 1. The highest BCUT2D eigenvalue weighted by Gasteiger charge is 2.17. The molecule has 1 unspecified atom stereocenters. The zero-order valence-corrected chi connectivity index (χ0v) is 9.95. The van der Waals surface area contributed by atoms with Gasteiger partial charge in [-0.05, 0) is 12.1 Å². The summed E-state index contributed by atoms with van der Waals surface area (Å²) in [7, 11) is 0. The average Bonchev–Trinajstić information content (AvgIpc) is 2.28. The summed E-state index contributed by atoms with van der Waals surface area (Å²) < 4.78 is 13.3. The molecule has 0 aromatic heterocycles. The molecule has 1 rings (SSSR count). The van der Waals surface area contributed by atoms with Crippen molar-refractivity contribution in [2.24, 2.45) is 0 Å². The monoisotopic (exact) mass is 275 g/mol. The van der Waals surface area contributed by atoms with Crippen LogP contribution in [0.5, 0.6) is 0 Å². The first kappa shape index (κ1) is 14.4. The molecule has 0 heterocycles. The largest absolute Gasteiger partial charge is 0.479 e. The van der Waals surface area contributed by atoms with Gasteiger partial charge in [-0.25, -0.2) is 9.18 Å². The molecule has 7 heteroatoms. The van der Waals surface area contributed by atoms with Gasteiger partial charge in [0.2, 0.25) is 0 Å². The molecule has 0 aliphatic heterocycles. The maximum absolute atomic E-state index is 13.3. The van der Waals surface area contributed by atoms with Crippen LogP contribution < -0.4 is 5.32 Å². The number of aliphatic hydroxyl groups excluding tert-OH is 1. The number of aliphatic hydroxyl groups is 1. The predicted molar refractivity (Wildman–Crippen MR) is 62.0 cm³/mol. The molecule has 0 aliphatic rings. The number of carboxylic acid groups (broad SMARTS) is 1. The molecule has 1 amide bonds. The van der Waals surface area contributed by atoms with Gasteiger partial charge < -0.3 is 15.5 Å². The van der Waals surface area contributed by atoms with E-state index >= 15 is 0 Å². The first-order chi connectivity index (χ1) is 8.43. The Bertz CT molecular complexity index is 446. The number of hydrogen-bond acceptors (Lipinski definition) is 3. The van der Waals surface area contributed by atoms with Crippen LogP contribution in [-0.4, -0.2) is 34.7 Å². The number of carbonyl (C=O) groups excluding carboxylic acids is 1. The van der Waals surface area contributed by atoms with E-state index in [1.165, 1.54) is 12.1 Å². The Morgan fingerprint density at radius 3 is 2.67 bits per heavy atom. The van der Waals surface area contributed by atoms with Crippen LogP contribution in [0.4, 0.5) is 4.39 Å². The second kappa shape index (κ2) is 6.32. The Morgan fingerprint density at radius 2 is 2.11 bits per heavy atom. The van der Waals surface area contributed by atoms with Crippen molar-refractivity contribution in [2.75, 3.05) is 6.54 Å². The molecule has 18 heavy (non-hydrogen) atoms. The van der Waals surface area contributed by atoms with E-state index in [-0.39, 0.29) is 23.6 Å². The van der Waals surface area contributed by atoms with E-state index in [0.717, 1.165) is 6.07 Å². The highest BCUT2D eigenvalue weighted by molar-refractivity contribution is 6.33. The maximum atomic E-state index is 13.3. The maximum Gasteiger partial charge on any atom is 0.332 e. The summed E-state index contributed by atoms with van der Waals surface area (Å²) in [6.45, 7) is -0.100. The van der Waals surface area contributed by atoms with Crippen LogP contribution >= 0.6 is 11.6 Å². The van der Waals surface area contributed by atoms with E-state index in [1.54, 1.807) is 0 Å².